The number of amides is 1. The van der Waals surface area contributed by atoms with E-state index in [0.29, 0.717) is 26.1 Å². The Hall–Kier alpha value is -1.12. The van der Waals surface area contributed by atoms with Crippen LogP contribution in [0.1, 0.15) is 25.7 Å². The number of nitrogens with one attached hydrogen (secondary N) is 1. The topological polar surface area (TPSA) is 65.4 Å². The Kier molecular flexibility index (Phi) is 6.60. The van der Waals surface area contributed by atoms with Crippen LogP contribution in [-0.4, -0.2) is 50.2 Å². The van der Waals surface area contributed by atoms with Crippen LogP contribution in [0, 0.1) is 11.3 Å². The Morgan fingerprint density at radius 3 is 3.06 bits per heavy atom. The van der Waals surface area contributed by atoms with E-state index in [1.165, 1.54) is 0 Å². The second-order valence-corrected chi connectivity index (χ2v) is 4.24. The molecule has 1 fully saturated rings. The molecule has 1 unspecified atom stereocenters. The quantitative estimate of drug-likeness (QED) is 0.733. The van der Waals surface area contributed by atoms with E-state index in [0.717, 1.165) is 25.8 Å². The SMILES string of the molecule is COCCN(CCC#N)C1CCCCNC1=O. The highest BCUT2D eigenvalue weighted by atomic mass is 16.5. The van der Waals surface area contributed by atoms with Gasteiger partial charge in [-0.2, -0.15) is 5.26 Å². The first-order chi connectivity index (χ1) is 8.29. The highest BCUT2D eigenvalue weighted by Gasteiger charge is 2.26. The summed E-state index contributed by atoms with van der Waals surface area (Å²) < 4.78 is 5.05. The summed E-state index contributed by atoms with van der Waals surface area (Å²) in [6.45, 7) is 2.70. The number of carbonyl (C=O) groups is 1. The molecule has 0 radical (unpaired) electrons. The zero-order valence-corrected chi connectivity index (χ0v) is 10.4. The number of ether oxygens (including phenoxy) is 1. The third-order valence-electron chi connectivity index (χ3n) is 3.04. The van der Waals surface area contributed by atoms with E-state index < -0.39 is 0 Å². The van der Waals surface area contributed by atoms with Crippen molar-refractivity contribution in [3.8, 4) is 6.07 Å². The van der Waals surface area contributed by atoms with Crippen LogP contribution in [0.5, 0.6) is 0 Å². The molecule has 1 aliphatic rings. The molecule has 0 aromatic carbocycles. The van der Waals surface area contributed by atoms with Crippen molar-refractivity contribution in [2.24, 2.45) is 0 Å². The molecule has 5 nitrogen and oxygen atoms in total. The molecule has 0 saturated carbocycles. The first kappa shape index (κ1) is 13.9. The molecule has 0 spiro atoms. The molecule has 17 heavy (non-hydrogen) atoms. The van der Waals surface area contributed by atoms with E-state index >= 15 is 0 Å². The fraction of sp³-hybridized carbons (Fsp3) is 0.833. The number of nitriles is 1. The average Bonchev–Trinajstić information content (AvgIpc) is 2.55. The molecule has 0 aromatic heterocycles. The molecular weight excluding hydrogens is 218 g/mol. The van der Waals surface area contributed by atoms with Crippen molar-refractivity contribution in [3.63, 3.8) is 0 Å². The minimum atomic E-state index is -0.0963. The first-order valence-corrected chi connectivity index (χ1v) is 6.17. The molecule has 1 saturated heterocycles. The van der Waals surface area contributed by atoms with E-state index in [4.69, 9.17) is 10.00 Å². The average molecular weight is 239 g/mol. The van der Waals surface area contributed by atoms with Gasteiger partial charge < -0.3 is 10.1 Å². The largest absolute Gasteiger partial charge is 0.383 e. The first-order valence-electron chi connectivity index (χ1n) is 6.17. The second kappa shape index (κ2) is 8.04. The minimum Gasteiger partial charge on any atom is -0.383 e. The van der Waals surface area contributed by atoms with Gasteiger partial charge in [0.2, 0.25) is 5.91 Å². The Balaban J connectivity index is 2.58. The Bertz CT molecular complexity index is 275. The summed E-state index contributed by atoms with van der Waals surface area (Å²) in [6, 6.07) is 2.03. The number of carbonyl (C=O) groups excluding carboxylic acids is 1. The summed E-state index contributed by atoms with van der Waals surface area (Å²) in [5.41, 5.74) is 0. The summed E-state index contributed by atoms with van der Waals surface area (Å²) in [6.07, 6.45) is 3.42. The van der Waals surface area contributed by atoms with E-state index in [-0.39, 0.29) is 11.9 Å². The van der Waals surface area contributed by atoms with Crippen LogP contribution < -0.4 is 5.32 Å². The van der Waals surface area contributed by atoms with Crippen molar-refractivity contribution in [1.29, 1.82) is 5.26 Å². The van der Waals surface area contributed by atoms with E-state index in [9.17, 15) is 4.79 Å². The summed E-state index contributed by atoms with van der Waals surface area (Å²) in [4.78, 5) is 14.0. The van der Waals surface area contributed by atoms with Gasteiger partial charge in [0.1, 0.15) is 0 Å². The maximum absolute atomic E-state index is 11.9. The van der Waals surface area contributed by atoms with Crippen molar-refractivity contribution < 1.29 is 9.53 Å². The molecule has 1 heterocycles. The van der Waals surface area contributed by atoms with Crippen LogP contribution in [-0.2, 0) is 9.53 Å². The van der Waals surface area contributed by atoms with Crippen LogP contribution in [0.2, 0.25) is 0 Å². The lowest BCUT2D eigenvalue weighted by molar-refractivity contribution is -0.126. The van der Waals surface area contributed by atoms with Crippen LogP contribution >= 0.6 is 0 Å². The van der Waals surface area contributed by atoms with Crippen LogP contribution in [0.15, 0.2) is 0 Å². The van der Waals surface area contributed by atoms with Crippen LogP contribution in [0.25, 0.3) is 0 Å². The van der Waals surface area contributed by atoms with E-state index in [1.54, 1.807) is 7.11 Å². The van der Waals surface area contributed by atoms with Crippen molar-refractivity contribution in [1.82, 2.24) is 10.2 Å². The molecule has 1 atom stereocenters. The van der Waals surface area contributed by atoms with Gasteiger partial charge in [-0.15, -0.1) is 0 Å². The maximum Gasteiger partial charge on any atom is 0.237 e. The van der Waals surface area contributed by atoms with Crippen molar-refractivity contribution in [3.05, 3.63) is 0 Å². The summed E-state index contributed by atoms with van der Waals surface area (Å²) in [7, 11) is 1.65. The zero-order valence-electron chi connectivity index (χ0n) is 10.4. The predicted octanol–water partition coefficient (Wildman–Crippen LogP) is 0.517. The van der Waals surface area contributed by atoms with Crippen molar-refractivity contribution >= 4 is 5.91 Å². The lowest BCUT2D eigenvalue weighted by atomic mass is 10.1. The highest BCUT2D eigenvalue weighted by molar-refractivity contribution is 5.81. The molecule has 1 rings (SSSR count). The third-order valence-corrected chi connectivity index (χ3v) is 3.04. The predicted molar refractivity (Wildman–Crippen MR) is 64.3 cm³/mol. The van der Waals surface area contributed by atoms with E-state index in [1.807, 2.05) is 0 Å². The van der Waals surface area contributed by atoms with Gasteiger partial charge in [0.15, 0.2) is 0 Å². The maximum atomic E-state index is 11.9. The van der Waals surface area contributed by atoms with Gasteiger partial charge in [-0.3, -0.25) is 9.69 Å². The van der Waals surface area contributed by atoms with Gasteiger partial charge in [-0.05, 0) is 19.3 Å². The highest BCUT2D eigenvalue weighted by Crippen LogP contribution is 2.12. The zero-order chi connectivity index (χ0) is 12.5. The monoisotopic (exact) mass is 239 g/mol. The Labute approximate surface area is 103 Å². The fourth-order valence-corrected chi connectivity index (χ4v) is 2.10. The second-order valence-electron chi connectivity index (χ2n) is 4.24. The number of nitrogens with zero attached hydrogens (tertiary/aromatic N) is 2. The standard InChI is InChI=1S/C12H21N3O2/c1-17-10-9-15(8-4-6-13)11-5-2-3-7-14-12(11)16/h11H,2-5,7-10H2,1H3,(H,14,16). The molecule has 0 bridgehead atoms. The summed E-state index contributed by atoms with van der Waals surface area (Å²) in [5, 5.41) is 11.6. The molecule has 5 heteroatoms. The third kappa shape index (κ3) is 4.72. The van der Waals surface area contributed by atoms with Gasteiger partial charge in [0.05, 0.1) is 18.7 Å². The molecule has 96 valence electrons. The molecule has 1 amide bonds. The van der Waals surface area contributed by atoms with Gasteiger partial charge >= 0.3 is 0 Å². The van der Waals surface area contributed by atoms with Crippen molar-refractivity contribution in [2.75, 3.05) is 33.4 Å². The van der Waals surface area contributed by atoms with Crippen LogP contribution in [0.3, 0.4) is 0 Å². The van der Waals surface area contributed by atoms with Gasteiger partial charge in [-0.25, -0.2) is 0 Å². The molecule has 1 N–H and O–H groups in total. The van der Waals surface area contributed by atoms with Gasteiger partial charge in [0.25, 0.3) is 0 Å². The fourth-order valence-electron chi connectivity index (χ4n) is 2.10. The minimum absolute atomic E-state index is 0.0940. The molecule has 0 aromatic rings. The van der Waals surface area contributed by atoms with E-state index in [2.05, 4.69) is 16.3 Å². The van der Waals surface area contributed by atoms with Crippen molar-refractivity contribution in [2.45, 2.75) is 31.7 Å². The Morgan fingerprint density at radius 1 is 1.53 bits per heavy atom. The number of methoxy groups -OCH3 is 1. The smallest absolute Gasteiger partial charge is 0.237 e. The summed E-state index contributed by atoms with van der Waals surface area (Å²) in [5.74, 6) is 0.0940. The number of rotatable bonds is 6. The number of hydrogen-bond donors (Lipinski definition) is 1. The lowest BCUT2D eigenvalue weighted by Gasteiger charge is -2.28. The molecule has 0 aliphatic carbocycles. The molecular formula is C12H21N3O2. The van der Waals surface area contributed by atoms with Gasteiger partial charge in [0, 0.05) is 33.2 Å². The Morgan fingerprint density at radius 2 is 2.35 bits per heavy atom. The van der Waals surface area contributed by atoms with Gasteiger partial charge in [-0.1, -0.05) is 0 Å². The number of hydrogen-bond acceptors (Lipinski definition) is 4. The van der Waals surface area contributed by atoms with Crippen LogP contribution in [0.4, 0.5) is 0 Å². The normalized spacial score (nSPS) is 20.8. The summed E-state index contributed by atoms with van der Waals surface area (Å²) >= 11 is 0. The molecule has 1 aliphatic heterocycles. The lowest BCUT2D eigenvalue weighted by Crippen LogP contribution is -2.47.